The molecule has 2 unspecified atom stereocenters. The molecular formula is C14H30ClN3O2S. The van der Waals surface area contributed by atoms with E-state index in [-0.39, 0.29) is 24.5 Å². The van der Waals surface area contributed by atoms with Gasteiger partial charge >= 0.3 is 0 Å². The van der Waals surface area contributed by atoms with Gasteiger partial charge in [-0.05, 0) is 31.6 Å². The summed E-state index contributed by atoms with van der Waals surface area (Å²) >= 11 is 0. The van der Waals surface area contributed by atoms with Crippen LogP contribution in [-0.2, 0) is 10.2 Å². The van der Waals surface area contributed by atoms with Gasteiger partial charge in [0.1, 0.15) is 0 Å². The second kappa shape index (κ2) is 8.11. The van der Waals surface area contributed by atoms with Crippen LogP contribution in [-0.4, -0.2) is 49.2 Å². The molecule has 2 rings (SSSR count). The van der Waals surface area contributed by atoms with E-state index in [0.29, 0.717) is 19.0 Å². The fourth-order valence-corrected chi connectivity index (χ4v) is 5.56. The van der Waals surface area contributed by atoms with Crippen LogP contribution >= 0.6 is 12.4 Å². The molecular weight excluding hydrogens is 310 g/mol. The zero-order valence-electron chi connectivity index (χ0n) is 13.2. The summed E-state index contributed by atoms with van der Waals surface area (Å²) in [6.07, 6.45) is 7.51. The predicted octanol–water partition coefficient (Wildman–Crippen LogP) is 1.98. The van der Waals surface area contributed by atoms with Gasteiger partial charge < -0.3 is 5.73 Å². The smallest absolute Gasteiger partial charge is 0.282 e. The Hall–Kier alpha value is 0.120. The molecule has 1 saturated heterocycles. The molecule has 0 aromatic heterocycles. The van der Waals surface area contributed by atoms with Crippen LogP contribution in [0, 0.1) is 5.92 Å². The largest absolute Gasteiger partial charge is 0.329 e. The van der Waals surface area contributed by atoms with Crippen molar-refractivity contribution < 1.29 is 8.42 Å². The highest BCUT2D eigenvalue weighted by Gasteiger charge is 2.39. The van der Waals surface area contributed by atoms with E-state index in [1.54, 1.807) is 15.7 Å². The molecule has 0 aromatic carbocycles. The molecule has 2 atom stereocenters. The lowest BCUT2D eigenvalue weighted by molar-refractivity contribution is 0.172. The Morgan fingerprint density at radius 3 is 2.33 bits per heavy atom. The molecule has 1 saturated carbocycles. The van der Waals surface area contributed by atoms with Crippen molar-refractivity contribution in [3.8, 4) is 0 Å². The number of hydrogen-bond donors (Lipinski definition) is 1. The first-order chi connectivity index (χ1) is 9.48. The lowest BCUT2D eigenvalue weighted by atomic mass is 9.93. The minimum absolute atomic E-state index is 0. The minimum Gasteiger partial charge on any atom is -0.329 e. The van der Waals surface area contributed by atoms with Crippen LogP contribution in [0.25, 0.3) is 0 Å². The van der Waals surface area contributed by atoms with Gasteiger partial charge in [0.25, 0.3) is 10.2 Å². The molecule has 2 N–H and O–H groups in total. The van der Waals surface area contributed by atoms with Gasteiger partial charge in [0.15, 0.2) is 0 Å². The highest BCUT2D eigenvalue weighted by atomic mass is 35.5. The van der Waals surface area contributed by atoms with Crippen LogP contribution in [0.15, 0.2) is 0 Å². The summed E-state index contributed by atoms with van der Waals surface area (Å²) in [7, 11) is -1.62. The standard InChI is InChI=1S/C14H29N3O2S.ClH/c1-12-7-6-10-17(14(12)11-15)20(18,19)16(2)13-8-4-3-5-9-13;/h12-14H,3-11,15H2,1-2H3;1H. The summed E-state index contributed by atoms with van der Waals surface area (Å²) in [5.41, 5.74) is 5.83. The summed E-state index contributed by atoms with van der Waals surface area (Å²) in [4.78, 5) is 0. The highest BCUT2D eigenvalue weighted by molar-refractivity contribution is 7.86. The summed E-state index contributed by atoms with van der Waals surface area (Å²) in [6, 6.07) is 0.129. The molecule has 5 nitrogen and oxygen atoms in total. The summed E-state index contributed by atoms with van der Waals surface area (Å²) in [6.45, 7) is 3.14. The number of rotatable bonds is 4. The zero-order valence-corrected chi connectivity index (χ0v) is 14.8. The predicted molar refractivity (Wildman–Crippen MR) is 88.8 cm³/mol. The second-order valence-electron chi connectivity index (χ2n) is 6.35. The van der Waals surface area contributed by atoms with Crippen molar-refractivity contribution in [3.63, 3.8) is 0 Å². The van der Waals surface area contributed by atoms with Crippen molar-refractivity contribution in [1.82, 2.24) is 8.61 Å². The molecule has 21 heavy (non-hydrogen) atoms. The summed E-state index contributed by atoms with van der Waals surface area (Å²) < 4.78 is 29.1. The van der Waals surface area contributed by atoms with Gasteiger partial charge in [0.05, 0.1) is 0 Å². The Kier molecular flexibility index (Phi) is 7.40. The van der Waals surface area contributed by atoms with Gasteiger partial charge in [0.2, 0.25) is 0 Å². The van der Waals surface area contributed by atoms with Crippen LogP contribution < -0.4 is 5.73 Å². The van der Waals surface area contributed by atoms with Gasteiger partial charge in [-0.1, -0.05) is 26.2 Å². The Morgan fingerprint density at radius 1 is 1.14 bits per heavy atom. The first-order valence-electron chi connectivity index (χ1n) is 7.93. The number of nitrogens with zero attached hydrogens (tertiary/aromatic N) is 2. The van der Waals surface area contributed by atoms with Gasteiger partial charge in [-0.25, -0.2) is 0 Å². The second-order valence-corrected chi connectivity index (χ2v) is 8.29. The van der Waals surface area contributed by atoms with E-state index >= 15 is 0 Å². The monoisotopic (exact) mass is 339 g/mol. The van der Waals surface area contributed by atoms with Crippen molar-refractivity contribution in [2.45, 2.75) is 64.0 Å². The van der Waals surface area contributed by atoms with E-state index in [1.165, 1.54) is 6.42 Å². The molecule has 0 radical (unpaired) electrons. The topological polar surface area (TPSA) is 66.6 Å². The van der Waals surface area contributed by atoms with E-state index < -0.39 is 10.2 Å². The van der Waals surface area contributed by atoms with Crippen LogP contribution in [0.2, 0.25) is 0 Å². The first kappa shape index (κ1) is 19.2. The molecule has 0 bridgehead atoms. The van der Waals surface area contributed by atoms with Crippen molar-refractivity contribution in [2.75, 3.05) is 20.1 Å². The average Bonchev–Trinajstić information content (AvgIpc) is 2.47. The Bertz CT molecular complexity index is 412. The van der Waals surface area contributed by atoms with Gasteiger partial charge in [-0.15, -0.1) is 12.4 Å². The fraction of sp³-hybridized carbons (Fsp3) is 1.00. The first-order valence-corrected chi connectivity index (χ1v) is 9.33. The third-order valence-electron chi connectivity index (χ3n) is 5.06. The van der Waals surface area contributed by atoms with E-state index in [0.717, 1.165) is 38.5 Å². The van der Waals surface area contributed by atoms with Crippen molar-refractivity contribution in [3.05, 3.63) is 0 Å². The number of hydrogen-bond acceptors (Lipinski definition) is 3. The molecule has 0 spiro atoms. The van der Waals surface area contributed by atoms with Gasteiger partial charge in [-0.3, -0.25) is 0 Å². The lowest BCUT2D eigenvalue weighted by Crippen LogP contribution is -2.56. The average molecular weight is 340 g/mol. The maximum Gasteiger partial charge on any atom is 0.282 e. The number of halogens is 1. The molecule has 1 aliphatic carbocycles. The Balaban J connectivity index is 0.00000220. The molecule has 0 aromatic rings. The Morgan fingerprint density at radius 2 is 1.76 bits per heavy atom. The van der Waals surface area contributed by atoms with Crippen LogP contribution in [0.4, 0.5) is 0 Å². The molecule has 2 fully saturated rings. The molecule has 1 heterocycles. The lowest BCUT2D eigenvalue weighted by Gasteiger charge is -2.42. The SMILES string of the molecule is CC1CCCN(S(=O)(=O)N(C)C2CCCCC2)C1CN.Cl. The quantitative estimate of drug-likeness (QED) is 0.851. The molecule has 2 aliphatic rings. The molecule has 0 amide bonds. The highest BCUT2D eigenvalue weighted by Crippen LogP contribution is 2.30. The van der Waals surface area contributed by atoms with Crippen LogP contribution in [0.3, 0.4) is 0 Å². The molecule has 7 heteroatoms. The third kappa shape index (κ3) is 4.10. The van der Waals surface area contributed by atoms with E-state index in [9.17, 15) is 8.42 Å². The normalized spacial score (nSPS) is 29.3. The summed E-state index contributed by atoms with van der Waals surface area (Å²) in [5.74, 6) is 0.350. The number of nitrogens with two attached hydrogens (primary N) is 1. The fourth-order valence-electron chi connectivity index (χ4n) is 3.65. The van der Waals surface area contributed by atoms with E-state index in [2.05, 4.69) is 6.92 Å². The van der Waals surface area contributed by atoms with E-state index in [1.807, 2.05) is 0 Å². The Labute approximate surface area is 135 Å². The van der Waals surface area contributed by atoms with Gasteiger partial charge in [0, 0.05) is 32.2 Å². The summed E-state index contributed by atoms with van der Waals surface area (Å²) in [5, 5.41) is 0. The van der Waals surface area contributed by atoms with Crippen LogP contribution in [0.1, 0.15) is 51.9 Å². The molecule has 126 valence electrons. The maximum atomic E-state index is 12.9. The van der Waals surface area contributed by atoms with E-state index in [4.69, 9.17) is 5.73 Å². The van der Waals surface area contributed by atoms with Crippen molar-refractivity contribution >= 4 is 22.6 Å². The maximum absolute atomic E-state index is 12.9. The van der Waals surface area contributed by atoms with Gasteiger partial charge in [-0.2, -0.15) is 17.0 Å². The molecule has 1 aliphatic heterocycles. The number of piperidine rings is 1. The zero-order chi connectivity index (χ0) is 14.8. The third-order valence-corrected chi connectivity index (χ3v) is 7.13. The van der Waals surface area contributed by atoms with Crippen molar-refractivity contribution in [2.24, 2.45) is 11.7 Å². The minimum atomic E-state index is -3.37. The van der Waals surface area contributed by atoms with Crippen molar-refractivity contribution in [1.29, 1.82) is 0 Å². The van der Waals surface area contributed by atoms with Crippen LogP contribution in [0.5, 0.6) is 0 Å².